The molecule has 0 N–H and O–H groups in total. The van der Waals surface area contributed by atoms with E-state index in [2.05, 4.69) is 24.8 Å². The second-order valence-corrected chi connectivity index (χ2v) is 8.41. The highest BCUT2D eigenvalue weighted by Gasteiger charge is 2.21. The molecule has 0 amide bonds. The summed E-state index contributed by atoms with van der Waals surface area (Å²) in [4.78, 5) is 19.3. The predicted octanol–water partition coefficient (Wildman–Crippen LogP) is 4.20. The summed E-state index contributed by atoms with van der Waals surface area (Å²) in [7, 11) is 0. The first-order chi connectivity index (χ1) is 15.8. The number of hydrogen-bond acceptors (Lipinski definition) is 9. The van der Waals surface area contributed by atoms with Gasteiger partial charge < -0.3 is 14.2 Å². The Morgan fingerprint density at radius 3 is 2.44 bits per heavy atom. The van der Waals surface area contributed by atoms with Crippen LogP contribution in [0, 0.1) is 0 Å². The Balaban J connectivity index is 1.04. The van der Waals surface area contributed by atoms with Gasteiger partial charge in [0.05, 0.1) is 4.70 Å². The first-order valence-corrected chi connectivity index (χ1v) is 11.4. The maximum atomic E-state index is 5.91. The highest BCUT2D eigenvalue weighted by atomic mass is 32.1. The van der Waals surface area contributed by atoms with Crippen LogP contribution in [0.1, 0.15) is 12.8 Å². The number of piperidine rings is 1. The van der Waals surface area contributed by atoms with Crippen molar-refractivity contribution in [2.45, 2.75) is 18.9 Å². The summed E-state index contributed by atoms with van der Waals surface area (Å²) < 4.78 is 18.6. The van der Waals surface area contributed by atoms with Gasteiger partial charge in [-0.2, -0.15) is 4.98 Å². The fourth-order valence-corrected chi connectivity index (χ4v) is 4.33. The highest BCUT2D eigenvalue weighted by Crippen LogP contribution is 2.30. The molecule has 32 heavy (non-hydrogen) atoms. The third-order valence-corrected chi connectivity index (χ3v) is 6.09. The van der Waals surface area contributed by atoms with Crippen molar-refractivity contribution in [3.63, 3.8) is 0 Å². The lowest BCUT2D eigenvalue weighted by molar-refractivity contribution is 0.0848. The fourth-order valence-electron chi connectivity index (χ4n) is 3.54. The SMILES string of the molecule is c1cnc(OC2CCN(CCOc3ccc(Oc4nc5ncccc5s4)cc3)CC2)nc1. The topological polar surface area (TPSA) is 82.5 Å². The summed E-state index contributed by atoms with van der Waals surface area (Å²) in [6, 6.07) is 13.7. The molecule has 0 saturated carbocycles. The van der Waals surface area contributed by atoms with Gasteiger partial charge in [0, 0.05) is 38.2 Å². The minimum Gasteiger partial charge on any atom is -0.492 e. The van der Waals surface area contributed by atoms with Crippen LogP contribution in [-0.2, 0) is 0 Å². The Bertz CT molecular complexity index is 1100. The molecule has 1 saturated heterocycles. The molecule has 3 aromatic heterocycles. The lowest BCUT2D eigenvalue weighted by atomic mass is 10.1. The van der Waals surface area contributed by atoms with Gasteiger partial charge in [-0.25, -0.2) is 15.0 Å². The summed E-state index contributed by atoms with van der Waals surface area (Å²) in [6.45, 7) is 3.47. The van der Waals surface area contributed by atoms with Gasteiger partial charge in [-0.05, 0) is 55.3 Å². The number of nitrogens with zero attached hydrogens (tertiary/aromatic N) is 5. The zero-order valence-electron chi connectivity index (χ0n) is 17.5. The molecule has 0 unspecified atom stereocenters. The Kier molecular flexibility index (Phi) is 6.36. The molecule has 4 aromatic rings. The second-order valence-electron chi connectivity index (χ2n) is 7.42. The Morgan fingerprint density at radius 1 is 0.906 bits per heavy atom. The normalized spacial score (nSPS) is 15.0. The van der Waals surface area contributed by atoms with E-state index < -0.39 is 0 Å². The van der Waals surface area contributed by atoms with Crippen LogP contribution in [0.4, 0.5) is 0 Å². The minimum atomic E-state index is 0.174. The number of aromatic nitrogens is 4. The lowest BCUT2D eigenvalue weighted by Gasteiger charge is -2.31. The van der Waals surface area contributed by atoms with E-state index in [-0.39, 0.29) is 6.10 Å². The number of benzene rings is 1. The van der Waals surface area contributed by atoms with Crippen molar-refractivity contribution >= 4 is 21.7 Å². The maximum absolute atomic E-state index is 5.91. The van der Waals surface area contributed by atoms with Crippen LogP contribution >= 0.6 is 11.3 Å². The zero-order chi connectivity index (χ0) is 21.6. The van der Waals surface area contributed by atoms with E-state index in [4.69, 9.17) is 14.2 Å². The molecule has 1 aliphatic rings. The molecule has 164 valence electrons. The van der Waals surface area contributed by atoms with Crippen molar-refractivity contribution in [3.8, 4) is 22.7 Å². The van der Waals surface area contributed by atoms with Gasteiger partial charge in [0.25, 0.3) is 5.19 Å². The molecule has 0 radical (unpaired) electrons. The van der Waals surface area contributed by atoms with E-state index in [1.165, 1.54) is 11.3 Å². The first-order valence-electron chi connectivity index (χ1n) is 10.6. The average Bonchev–Trinajstić information content (AvgIpc) is 3.24. The van der Waals surface area contributed by atoms with E-state index in [9.17, 15) is 0 Å². The molecule has 9 heteroatoms. The summed E-state index contributed by atoms with van der Waals surface area (Å²) in [5.74, 6) is 1.55. The van der Waals surface area contributed by atoms with Gasteiger partial charge in [0.1, 0.15) is 24.2 Å². The monoisotopic (exact) mass is 449 g/mol. The number of fused-ring (bicyclic) bond motifs is 1. The summed E-state index contributed by atoms with van der Waals surface area (Å²) in [5, 5.41) is 0.582. The van der Waals surface area contributed by atoms with E-state index in [1.54, 1.807) is 24.7 Å². The molecule has 5 rings (SSSR count). The van der Waals surface area contributed by atoms with Crippen LogP contribution in [-0.4, -0.2) is 57.2 Å². The summed E-state index contributed by atoms with van der Waals surface area (Å²) in [6.07, 6.45) is 7.23. The van der Waals surface area contributed by atoms with Crippen LogP contribution in [0.25, 0.3) is 10.3 Å². The van der Waals surface area contributed by atoms with Crippen molar-refractivity contribution in [1.29, 1.82) is 0 Å². The van der Waals surface area contributed by atoms with E-state index in [0.717, 1.165) is 48.7 Å². The van der Waals surface area contributed by atoms with E-state index in [0.29, 0.717) is 23.5 Å². The van der Waals surface area contributed by atoms with Gasteiger partial charge in [0.2, 0.25) is 0 Å². The van der Waals surface area contributed by atoms with Gasteiger partial charge in [-0.3, -0.25) is 4.90 Å². The van der Waals surface area contributed by atoms with E-state index in [1.807, 2.05) is 36.4 Å². The Hall–Kier alpha value is -3.30. The molecule has 0 bridgehead atoms. The number of pyridine rings is 1. The fraction of sp³-hybridized carbons (Fsp3) is 0.304. The Morgan fingerprint density at radius 2 is 1.66 bits per heavy atom. The third-order valence-electron chi connectivity index (χ3n) is 5.20. The molecule has 1 aliphatic heterocycles. The largest absolute Gasteiger partial charge is 0.492 e. The molecule has 0 spiro atoms. The molecular weight excluding hydrogens is 426 g/mol. The van der Waals surface area contributed by atoms with E-state index >= 15 is 0 Å². The molecular formula is C23H23N5O3S. The third kappa shape index (κ3) is 5.30. The highest BCUT2D eigenvalue weighted by molar-refractivity contribution is 7.20. The summed E-state index contributed by atoms with van der Waals surface area (Å²) in [5.41, 5.74) is 0.705. The quantitative estimate of drug-likeness (QED) is 0.396. The number of rotatable bonds is 8. The van der Waals surface area contributed by atoms with Crippen LogP contribution in [0.2, 0.25) is 0 Å². The number of likely N-dealkylation sites (tertiary alicyclic amines) is 1. The smallest absolute Gasteiger partial charge is 0.316 e. The number of thiazole rings is 1. The van der Waals surface area contributed by atoms with Crippen molar-refractivity contribution in [3.05, 3.63) is 61.1 Å². The van der Waals surface area contributed by atoms with Crippen LogP contribution < -0.4 is 14.2 Å². The second kappa shape index (κ2) is 9.88. The van der Waals surface area contributed by atoms with Crippen molar-refractivity contribution in [2.24, 2.45) is 0 Å². The van der Waals surface area contributed by atoms with Crippen LogP contribution in [0.5, 0.6) is 22.7 Å². The van der Waals surface area contributed by atoms with Crippen molar-refractivity contribution in [2.75, 3.05) is 26.2 Å². The molecule has 1 fully saturated rings. The minimum absolute atomic E-state index is 0.174. The van der Waals surface area contributed by atoms with Gasteiger partial charge in [-0.15, -0.1) is 0 Å². The number of ether oxygens (including phenoxy) is 3. The molecule has 8 nitrogen and oxygen atoms in total. The lowest BCUT2D eigenvalue weighted by Crippen LogP contribution is -2.40. The van der Waals surface area contributed by atoms with Gasteiger partial charge in [-0.1, -0.05) is 11.3 Å². The molecule has 1 aromatic carbocycles. The van der Waals surface area contributed by atoms with Gasteiger partial charge in [0.15, 0.2) is 5.65 Å². The Labute approximate surface area is 189 Å². The van der Waals surface area contributed by atoms with Gasteiger partial charge >= 0.3 is 6.01 Å². The average molecular weight is 450 g/mol. The van der Waals surface area contributed by atoms with Crippen LogP contribution in [0.3, 0.4) is 0 Å². The summed E-state index contributed by atoms with van der Waals surface area (Å²) >= 11 is 1.48. The molecule has 0 aliphatic carbocycles. The van der Waals surface area contributed by atoms with Crippen molar-refractivity contribution < 1.29 is 14.2 Å². The standard InChI is InChI=1S/C23H23N5O3S/c1-3-20-21(24-10-1)27-23(32-20)31-18-6-4-17(5-7-18)29-16-15-28-13-8-19(9-14-28)30-22-25-11-2-12-26-22/h1-7,10-12,19H,8-9,13-16H2. The maximum Gasteiger partial charge on any atom is 0.316 e. The van der Waals surface area contributed by atoms with Crippen molar-refractivity contribution in [1.82, 2.24) is 24.8 Å². The molecule has 4 heterocycles. The van der Waals surface area contributed by atoms with Crippen LogP contribution in [0.15, 0.2) is 61.1 Å². The first kappa shape index (κ1) is 20.6. The predicted molar refractivity (Wildman–Crippen MR) is 122 cm³/mol. The molecule has 0 atom stereocenters. The number of hydrogen-bond donors (Lipinski definition) is 0. The zero-order valence-corrected chi connectivity index (χ0v) is 18.3.